The highest BCUT2D eigenvalue weighted by Gasteiger charge is 2.18. The van der Waals surface area contributed by atoms with Crippen molar-refractivity contribution in [2.24, 2.45) is 0 Å². The third kappa shape index (κ3) is 4.51. The number of amides is 1. The molecular formula is C22H21ClN2O. The van der Waals surface area contributed by atoms with Gasteiger partial charge in [0.05, 0.1) is 6.54 Å². The lowest BCUT2D eigenvalue weighted by molar-refractivity contribution is -0.117. The van der Waals surface area contributed by atoms with Crippen LogP contribution in [0, 0.1) is 0 Å². The summed E-state index contributed by atoms with van der Waals surface area (Å²) >= 11 is 5.94. The molecule has 0 heterocycles. The van der Waals surface area contributed by atoms with Gasteiger partial charge in [-0.05, 0) is 48.9 Å². The fourth-order valence-electron chi connectivity index (χ4n) is 2.78. The zero-order valence-corrected chi connectivity index (χ0v) is 15.4. The number of nitrogens with one attached hydrogen (secondary N) is 1. The predicted molar refractivity (Wildman–Crippen MR) is 108 cm³/mol. The molecule has 0 radical (unpaired) electrons. The number of halogens is 1. The van der Waals surface area contributed by atoms with E-state index in [-0.39, 0.29) is 18.5 Å². The molecule has 132 valence electrons. The van der Waals surface area contributed by atoms with Crippen LogP contribution >= 0.6 is 11.6 Å². The predicted octanol–water partition coefficient (Wildman–Crippen LogP) is 5.36. The first kappa shape index (κ1) is 18.2. The Balaban J connectivity index is 1.75. The first-order chi connectivity index (χ1) is 12.6. The zero-order chi connectivity index (χ0) is 18.4. The number of carbonyl (C=O) groups is 1. The van der Waals surface area contributed by atoms with Crippen molar-refractivity contribution in [3.05, 3.63) is 95.5 Å². The Bertz CT molecular complexity index is 796. The Morgan fingerprint density at radius 2 is 1.38 bits per heavy atom. The Labute approximate surface area is 159 Å². The quantitative estimate of drug-likeness (QED) is 0.639. The van der Waals surface area contributed by atoms with Crippen LogP contribution in [-0.2, 0) is 4.79 Å². The van der Waals surface area contributed by atoms with Gasteiger partial charge in [0.1, 0.15) is 0 Å². The molecular weight excluding hydrogens is 344 g/mol. The Morgan fingerprint density at radius 1 is 0.885 bits per heavy atom. The van der Waals surface area contributed by atoms with Crippen molar-refractivity contribution in [1.82, 2.24) is 5.32 Å². The molecule has 3 nitrogen and oxygen atoms in total. The monoisotopic (exact) mass is 364 g/mol. The highest BCUT2D eigenvalue weighted by Crippen LogP contribution is 2.25. The van der Waals surface area contributed by atoms with E-state index in [1.165, 1.54) is 0 Å². The molecule has 3 aromatic carbocycles. The molecule has 0 saturated heterocycles. The number of carbonyl (C=O) groups excluding carboxylic acids is 1. The van der Waals surface area contributed by atoms with Crippen LogP contribution in [0.4, 0.5) is 11.4 Å². The van der Waals surface area contributed by atoms with Gasteiger partial charge in [0.25, 0.3) is 0 Å². The lowest BCUT2D eigenvalue weighted by Crippen LogP contribution is -2.36. The van der Waals surface area contributed by atoms with Gasteiger partial charge in [0.15, 0.2) is 0 Å². The fourth-order valence-corrected chi connectivity index (χ4v) is 2.91. The van der Waals surface area contributed by atoms with E-state index in [1.807, 2.05) is 91.9 Å². The van der Waals surface area contributed by atoms with E-state index in [0.717, 1.165) is 16.9 Å². The van der Waals surface area contributed by atoms with Crippen molar-refractivity contribution in [2.75, 3.05) is 11.4 Å². The summed E-state index contributed by atoms with van der Waals surface area (Å²) < 4.78 is 0. The minimum atomic E-state index is -0.0109. The van der Waals surface area contributed by atoms with E-state index in [4.69, 9.17) is 11.6 Å². The van der Waals surface area contributed by atoms with Gasteiger partial charge in [0.2, 0.25) is 5.91 Å². The summed E-state index contributed by atoms with van der Waals surface area (Å²) in [6.45, 7) is 2.26. The maximum absolute atomic E-state index is 13.0. The minimum Gasteiger partial charge on any atom is -0.302 e. The molecule has 1 unspecified atom stereocenters. The van der Waals surface area contributed by atoms with Crippen molar-refractivity contribution < 1.29 is 4.79 Å². The summed E-state index contributed by atoms with van der Waals surface area (Å²) in [5, 5.41) is 4.01. The Kier molecular flexibility index (Phi) is 6.05. The van der Waals surface area contributed by atoms with Gasteiger partial charge >= 0.3 is 0 Å². The number of para-hydroxylation sites is 2. The fraction of sp³-hybridized carbons (Fsp3) is 0.136. The molecule has 0 saturated carbocycles. The Hall–Kier alpha value is -2.62. The summed E-state index contributed by atoms with van der Waals surface area (Å²) in [7, 11) is 0. The third-order valence-corrected chi connectivity index (χ3v) is 4.46. The molecule has 1 N–H and O–H groups in total. The van der Waals surface area contributed by atoms with Crippen LogP contribution < -0.4 is 10.2 Å². The average Bonchev–Trinajstić information content (AvgIpc) is 2.68. The second-order valence-corrected chi connectivity index (χ2v) is 6.49. The van der Waals surface area contributed by atoms with Gasteiger partial charge in [-0.1, -0.05) is 60.1 Å². The normalized spacial score (nSPS) is 11.8. The minimum absolute atomic E-state index is 0.0109. The highest BCUT2D eigenvalue weighted by atomic mass is 35.5. The van der Waals surface area contributed by atoms with Crippen LogP contribution in [0.5, 0.6) is 0 Å². The highest BCUT2D eigenvalue weighted by molar-refractivity contribution is 6.30. The molecule has 3 aromatic rings. The van der Waals surface area contributed by atoms with Crippen molar-refractivity contribution in [3.8, 4) is 0 Å². The molecule has 0 fully saturated rings. The molecule has 3 rings (SSSR count). The number of hydrogen-bond acceptors (Lipinski definition) is 2. The number of nitrogens with zero attached hydrogens (tertiary/aromatic N) is 1. The third-order valence-electron chi connectivity index (χ3n) is 4.21. The van der Waals surface area contributed by atoms with Crippen LogP contribution in [0.3, 0.4) is 0 Å². The van der Waals surface area contributed by atoms with Crippen molar-refractivity contribution in [2.45, 2.75) is 13.0 Å². The summed E-state index contributed by atoms with van der Waals surface area (Å²) in [5.74, 6) is -0.0109. The molecule has 0 aliphatic carbocycles. The van der Waals surface area contributed by atoms with Crippen LogP contribution in [0.25, 0.3) is 0 Å². The van der Waals surface area contributed by atoms with E-state index in [9.17, 15) is 4.79 Å². The van der Waals surface area contributed by atoms with Crippen LogP contribution in [0.2, 0.25) is 5.02 Å². The van der Waals surface area contributed by atoms with Gasteiger partial charge in [-0.25, -0.2) is 0 Å². The molecule has 4 heteroatoms. The van der Waals surface area contributed by atoms with E-state index in [0.29, 0.717) is 5.02 Å². The topological polar surface area (TPSA) is 32.3 Å². The second kappa shape index (κ2) is 8.65. The van der Waals surface area contributed by atoms with Crippen LogP contribution in [0.15, 0.2) is 84.9 Å². The SMILES string of the molecule is CC(NCC(=O)N(c1ccccc1)c1ccccc1)c1ccc(Cl)cc1. The largest absolute Gasteiger partial charge is 0.302 e. The number of benzene rings is 3. The summed E-state index contributed by atoms with van der Waals surface area (Å²) in [6.07, 6.45) is 0. The van der Waals surface area contributed by atoms with Crippen LogP contribution in [0.1, 0.15) is 18.5 Å². The van der Waals surface area contributed by atoms with E-state index in [2.05, 4.69) is 5.32 Å². The molecule has 0 bridgehead atoms. The molecule has 0 spiro atoms. The lowest BCUT2D eigenvalue weighted by Gasteiger charge is -2.24. The van der Waals surface area contributed by atoms with Gasteiger partial charge in [-0.2, -0.15) is 0 Å². The van der Waals surface area contributed by atoms with Gasteiger partial charge in [-0.15, -0.1) is 0 Å². The lowest BCUT2D eigenvalue weighted by atomic mass is 10.1. The average molecular weight is 365 g/mol. The van der Waals surface area contributed by atoms with E-state index >= 15 is 0 Å². The van der Waals surface area contributed by atoms with Crippen molar-refractivity contribution in [3.63, 3.8) is 0 Å². The van der Waals surface area contributed by atoms with Crippen molar-refractivity contribution in [1.29, 1.82) is 0 Å². The summed E-state index contributed by atoms with van der Waals surface area (Å²) in [4.78, 5) is 14.7. The van der Waals surface area contributed by atoms with Crippen molar-refractivity contribution >= 4 is 28.9 Å². The summed E-state index contributed by atoms with van der Waals surface area (Å²) in [5.41, 5.74) is 2.79. The molecule has 0 aromatic heterocycles. The molecule has 1 atom stereocenters. The van der Waals surface area contributed by atoms with Gasteiger partial charge in [-0.3, -0.25) is 9.69 Å². The number of anilines is 2. The smallest absolute Gasteiger partial charge is 0.245 e. The number of rotatable bonds is 6. The standard InChI is InChI=1S/C22H21ClN2O/c1-17(18-12-14-19(23)15-13-18)24-16-22(26)25(20-8-4-2-5-9-20)21-10-6-3-7-11-21/h2-15,17,24H,16H2,1H3. The molecule has 26 heavy (non-hydrogen) atoms. The Morgan fingerprint density at radius 3 is 1.88 bits per heavy atom. The maximum atomic E-state index is 13.0. The molecule has 0 aliphatic heterocycles. The second-order valence-electron chi connectivity index (χ2n) is 6.05. The zero-order valence-electron chi connectivity index (χ0n) is 14.6. The summed E-state index contributed by atoms with van der Waals surface area (Å²) in [6, 6.07) is 27.1. The van der Waals surface area contributed by atoms with E-state index < -0.39 is 0 Å². The molecule has 1 amide bonds. The van der Waals surface area contributed by atoms with Gasteiger partial charge in [0, 0.05) is 22.4 Å². The van der Waals surface area contributed by atoms with E-state index in [1.54, 1.807) is 4.90 Å². The van der Waals surface area contributed by atoms with Crippen LogP contribution in [-0.4, -0.2) is 12.5 Å². The first-order valence-electron chi connectivity index (χ1n) is 8.57. The molecule has 0 aliphatic rings. The number of hydrogen-bond donors (Lipinski definition) is 1. The maximum Gasteiger partial charge on any atom is 0.245 e. The first-order valence-corrected chi connectivity index (χ1v) is 8.95. The van der Waals surface area contributed by atoms with Gasteiger partial charge < -0.3 is 5.32 Å².